The lowest BCUT2D eigenvalue weighted by Crippen LogP contribution is -2.47. The van der Waals surface area contributed by atoms with Crippen LogP contribution >= 0.6 is 0 Å². The zero-order chi connectivity index (χ0) is 17.0. The number of amides is 1. The van der Waals surface area contributed by atoms with E-state index in [1.165, 1.54) is 5.56 Å². The van der Waals surface area contributed by atoms with Gasteiger partial charge in [0.25, 0.3) is 0 Å². The molecule has 24 heavy (non-hydrogen) atoms. The lowest BCUT2D eigenvalue weighted by molar-refractivity contribution is -0.139. The molecule has 2 fully saturated rings. The number of methoxy groups -OCH3 is 2. The largest absolute Gasteiger partial charge is 0.497 e. The highest BCUT2D eigenvalue weighted by Gasteiger charge is 2.43. The molecule has 1 aromatic rings. The van der Waals surface area contributed by atoms with Gasteiger partial charge in [-0.3, -0.25) is 4.79 Å². The number of benzene rings is 1. The summed E-state index contributed by atoms with van der Waals surface area (Å²) in [6.07, 6.45) is 3.95. The molecule has 0 unspecified atom stereocenters. The Morgan fingerprint density at radius 2 is 2.12 bits per heavy atom. The lowest BCUT2D eigenvalue weighted by Gasteiger charge is -2.38. The molecule has 5 heteroatoms. The first-order valence-corrected chi connectivity index (χ1v) is 8.68. The number of carbonyl (C=O) groups is 1. The molecule has 0 saturated carbocycles. The van der Waals surface area contributed by atoms with Gasteiger partial charge >= 0.3 is 0 Å². The first kappa shape index (κ1) is 17.2. The highest BCUT2D eigenvalue weighted by molar-refractivity contribution is 5.77. The van der Waals surface area contributed by atoms with Crippen molar-refractivity contribution < 1.29 is 19.0 Å². The van der Waals surface area contributed by atoms with Crippen molar-refractivity contribution >= 4 is 5.91 Å². The fourth-order valence-electron chi connectivity index (χ4n) is 3.93. The van der Waals surface area contributed by atoms with Crippen molar-refractivity contribution in [1.29, 1.82) is 0 Å². The van der Waals surface area contributed by atoms with Crippen LogP contribution in [0, 0.1) is 5.92 Å². The van der Waals surface area contributed by atoms with Crippen molar-refractivity contribution in [3.8, 4) is 5.75 Å². The predicted molar refractivity (Wildman–Crippen MR) is 91.2 cm³/mol. The standard InChI is InChI=1S/C19H27NO4/c1-22-14-18(21)20-8-6-19(7-9-20)12-16(13-24-19)10-15-4-3-5-17(11-15)23-2/h3-5,11,16H,6-10,12-14H2,1-2H3/t16-/m0/s1. The van der Waals surface area contributed by atoms with Crippen LogP contribution < -0.4 is 4.74 Å². The van der Waals surface area contributed by atoms with Gasteiger partial charge in [0, 0.05) is 20.2 Å². The van der Waals surface area contributed by atoms with E-state index in [-0.39, 0.29) is 18.1 Å². The Bertz CT molecular complexity index is 566. The van der Waals surface area contributed by atoms with E-state index >= 15 is 0 Å². The molecule has 2 saturated heterocycles. The molecule has 1 amide bonds. The van der Waals surface area contributed by atoms with Crippen LogP contribution in [0.1, 0.15) is 24.8 Å². The van der Waals surface area contributed by atoms with Crippen LogP contribution in [0.4, 0.5) is 0 Å². The van der Waals surface area contributed by atoms with Crippen LogP contribution in [0.3, 0.4) is 0 Å². The number of hydrogen-bond acceptors (Lipinski definition) is 4. The van der Waals surface area contributed by atoms with Gasteiger partial charge in [-0.2, -0.15) is 0 Å². The second-order valence-corrected chi connectivity index (χ2v) is 6.93. The van der Waals surface area contributed by atoms with E-state index in [4.69, 9.17) is 14.2 Å². The van der Waals surface area contributed by atoms with Gasteiger partial charge in [0.15, 0.2) is 0 Å². The van der Waals surface area contributed by atoms with Gasteiger partial charge in [-0.15, -0.1) is 0 Å². The van der Waals surface area contributed by atoms with Crippen LogP contribution in [0.15, 0.2) is 24.3 Å². The number of piperidine rings is 1. The van der Waals surface area contributed by atoms with Gasteiger partial charge in [-0.05, 0) is 49.3 Å². The third-order valence-electron chi connectivity index (χ3n) is 5.24. The Labute approximate surface area is 143 Å². The van der Waals surface area contributed by atoms with Crippen LogP contribution in [0.2, 0.25) is 0 Å². The third kappa shape index (κ3) is 3.90. The van der Waals surface area contributed by atoms with Gasteiger partial charge in [0.1, 0.15) is 12.4 Å². The number of likely N-dealkylation sites (tertiary alicyclic amines) is 1. The molecule has 1 aromatic carbocycles. The van der Waals surface area contributed by atoms with Crippen molar-refractivity contribution in [2.24, 2.45) is 5.92 Å². The molecule has 3 rings (SSSR count). The molecule has 0 radical (unpaired) electrons. The summed E-state index contributed by atoms with van der Waals surface area (Å²) in [5, 5.41) is 0. The van der Waals surface area contributed by atoms with E-state index in [0.717, 1.165) is 51.1 Å². The molecule has 1 atom stereocenters. The molecule has 2 aliphatic heterocycles. The second-order valence-electron chi connectivity index (χ2n) is 6.93. The predicted octanol–water partition coefficient (Wildman–Crippen LogP) is 2.28. The number of hydrogen-bond donors (Lipinski definition) is 0. The van der Waals surface area contributed by atoms with E-state index in [2.05, 4.69) is 12.1 Å². The summed E-state index contributed by atoms with van der Waals surface area (Å²) in [6.45, 7) is 2.53. The van der Waals surface area contributed by atoms with Gasteiger partial charge < -0.3 is 19.1 Å². The van der Waals surface area contributed by atoms with Crippen LogP contribution in [0.5, 0.6) is 5.75 Å². The Kier molecular flexibility index (Phi) is 5.41. The fourth-order valence-corrected chi connectivity index (χ4v) is 3.93. The van der Waals surface area contributed by atoms with Crippen molar-refractivity contribution in [3.05, 3.63) is 29.8 Å². The van der Waals surface area contributed by atoms with E-state index in [0.29, 0.717) is 5.92 Å². The highest BCUT2D eigenvalue weighted by atomic mass is 16.5. The Hall–Kier alpha value is -1.59. The average molecular weight is 333 g/mol. The van der Waals surface area contributed by atoms with Gasteiger partial charge in [0.05, 0.1) is 19.3 Å². The molecular formula is C19H27NO4. The zero-order valence-corrected chi connectivity index (χ0v) is 14.6. The number of carbonyl (C=O) groups excluding carboxylic acids is 1. The fraction of sp³-hybridized carbons (Fsp3) is 0.632. The SMILES string of the molecule is COCC(=O)N1CCC2(CC1)C[C@H](Cc1cccc(OC)c1)CO2. The first-order valence-electron chi connectivity index (χ1n) is 8.68. The van der Waals surface area contributed by atoms with E-state index in [9.17, 15) is 4.79 Å². The summed E-state index contributed by atoms with van der Waals surface area (Å²) in [6, 6.07) is 8.28. The van der Waals surface area contributed by atoms with Crippen molar-refractivity contribution in [3.63, 3.8) is 0 Å². The summed E-state index contributed by atoms with van der Waals surface area (Å²) in [5.41, 5.74) is 1.26. The summed E-state index contributed by atoms with van der Waals surface area (Å²) in [4.78, 5) is 13.8. The molecule has 1 spiro atoms. The minimum atomic E-state index is -0.0343. The number of nitrogens with zero attached hydrogens (tertiary/aromatic N) is 1. The van der Waals surface area contributed by atoms with Gasteiger partial charge in [-0.1, -0.05) is 12.1 Å². The Balaban J connectivity index is 1.53. The van der Waals surface area contributed by atoms with Crippen molar-refractivity contribution in [1.82, 2.24) is 4.90 Å². The zero-order valence-electron chi connectivity index (χ0n) is 14.6. The maximum Gasteiger partial charge on any atom is 0.248 e. The smallest absolute Gasteiger partial charge is 0.248 e. The second kappa shape index (κ2) is 7.53. The molecule has 132 valence electrons. The number of rotatable bonds is 5. The number of ether oxygens (including phenoxy) is 3. The maximum absolute atomic E-state index is 11.9. The monoisotopic (exact) mass is 333 g/mol. The van der Waals surface area contributed by atoms with E-state index < -0.39 is 0 Å². The molecule has 0 bridgehead atoms. The summed E-state index contributed by atoms with van der Waals surface area (Å²) in [7, 11) is 3.26. The lowest BCUT2D eigenvalue weighted by atomic mass is 9.83. The molecule has 0 aliphatic carbocycles. The summed E-state index contributed by atoms with van der Waals surface area (Å²) >= 11 is 0. The van der Waals surface area contributed by atoms with Crippen molar-refractivity contribution in [2.75, 3.05) is 40.5 Å². The maximum atomic E-state index is 11.9. The van der Waals surface area contributed by atoms with Gasteiger partial charge in [-0.25, -0.2) is 0 Å². The van der Waals surface area contributed by atoms with Gasteiger partial charge in [0.2, 0.25) is 5.91 Å². The highest BCUT2D eigenvalue weighted by Crippen LogP contribution is 2.39. The molecule has 5 nitrogen and oxygen atoms in total. The third-order valence-corrected chi connectivity index (χ3v) is 5.24. The Morgan fingerprint density at radius 1 is 1.33 bits per heavy atom. The summed E-state index contributed by atoms with van der Waals surface area (Å²) in [5.74, 6) is 1.53. The quantitative estimate of drug-likeness (QED) is 0.829. The first-order chi connectivity index (χ1) is 11.6. The normalized spacial score (nSPS) is 22.8. The van der Waals surface area contributed by atoms with Crippen LogP contribution in [-0.2, 0) is 20.7 Å². The van der Waals surface area contributed by atoms with Crippen molar-refractivity contribution in [2.45, 2.75) is 31.3 Å². The minimum Gasteiger partial charge on any atom is -0.497 e. The van der Waals surface area contributed by atoms with Crippen LogP contribution in [0.25, 0.3) is 0 Å². The minimum absolute atomic E-state index is 0.0343. The Morgan fingerprint density at radius 3 is 2.83 bits per heavy atom. The molecule has 0 N–H and O–H groups in total. The molecular weight excluding hydrogens is 306 g/mol. The van der Waals surface area contributed by atoms with E-state index in [1.807, 2.05) is 17.0 Å². The van der Waals surface area contributed by atoms with E-state index in [1.54, 1.807) is 14.2 Å². The molecule has 2 aliphatic rings. The summed E-state index contributed by atoms with van der Waals surface area (Å²) < 4.78 is 16.5. The molecule has 2 heterocycles. The van der Waals surface area contributed by atoms with Crippen LogP contribution in [-0.4, -0.2) is 56.9 Å². The topological polar surface area (TPSA) is 48.0 Å². The average Bonchev–Trinajstić information content (AvgIpc) is 2.98. The molecule has 0 aromatic heterocycles.